The van der Waals surface area contributed by atoms with E-state index < -0.39 is 6.04 Å². The zero-order valence-corrected chi connectivity index (χ0v) is 15.2. The van der Waals surface area contributed by atoms with Crippen molar-refractivity contribution in [3.63, 3.8) is 0 Å². The molecule has 3 rings (SSSR count). The molecule has 1 aliphatic rings. The average molecular weight is 397 g/mol. The number of urea groups is 1. The number of carbonyl (C=O) groups is 2. The molecule has 0 aromatic heterocycles. The van der Waals surface area contributed by atoms with Crippen LogP contribution in [0.25, 0.3) is 6.08 Å². The number of nitrogens with one attached hydrogen (secondary N) is 2. The minimum absolute atomic E-state index is 0.137. The molecule has 1 unspecified atom stereocenters. The second-order valence-corrected chi connectivity index (χ2v) is 6.65. The van der Waals surface area contributed by atoms with E-state index in [-0.39, 0.29) is 11.8 Å². The van der Waals surface area contributed by atoms with Crippen LogP contribution < -0.4 is 10.6 Å². The molecule has 0 spiro atoms. The summed E-state index contributed by atoms with van der Waals surface area (Å²) in [7, 11) is 0. The molecular weight excluding hydrogens is 380 g/mol. The summed E-state index contributed by atoms with van der Waals surface area (Å²) < 4.78 is 0.984. The van der Waals surface area contributed by atoms with Gasteiger partial charge in [0.15, 0.2) is 5.78 Å². The average Bonchev–Trinajstić information content (AvgIpc) is 2.61. The van der Waals surface area contributed by atoms with Gasteiger partial charge in [0, 0.05) is 15.7 Å². The molecule has 0 fully saturated rings. The molecule has 0 aliphatic carbocycles. The number of rotatable bonds is 4. The molecule has 1 atom stereocenters. The lowest BCUT2D eigenvalue weighted by molar-refractivity contribution is -0.111. The topological polar surface area (TPSA) is 58.2 Å². The van der Waals surface area contributed by atoms with Gasteiger partial charge in [-0.2, -0.15) is 0 Å². The molecule has 2 aromatic carbocycles. The second-order valence-electron chi connectivity index (χ2n) is 5.73. The van der Waals surface area contributed by atoms with Crippen LogP contribution in [0.4, 0.5) is 4.79 Å². The Morgan fingerprint density at radius 1 is 1.08 bits per heavy atom. The van der Waals surface area contributed by atoms with Gasteiger partial charge in [-0.15, -0.1) is 0 Å². The van der Waals surface area contributed by atoms with Gasteiger partial charge in [0.2, 0.25) is 0 Å². The van der Waals surface area contributed by atoms with Crippen LogP contribution >= 0.6 is 15.9 Å². The number of ketones is 1. The first-order valence-corrected chi connectivity index (χ1v) is 8.65. The smallest absolute Gasteiger partial charge is 0.319 e. The van der Waals surface area contributed by atoms with E-state index in [1.54, 1.807) is 13.0 Å². The third-order valence-electron chi connectivity index (χ3n) is 3.96. The van der Waals surface area contributed by atoms with E-state index >= 15 is 0 Å². The predicted molar refractivity (Wildman–Crippen MR) is 102 cm³/mol. The molecule has 126 valence electrons. The minimum Gasteiger partial charge on any atom is -0.327 e. The molecule has 4 nitrogen and oxygen atoms in total. The van der Waals surface area contributed by atoms with E-state index in [1.165, 1.54) is 6.08 Å². The highest BCUT2D eigenvalue weighted by Crippen LogP contribution is 2.27. The fourth-order valence-corrected chi connectivity index (χ4v) is 3.02. The zero-order chi connectivity index (χ0) is 17.8. The van der Waals surface area contributed by atoms with E-state index in [4.69, 9.17) is 0 Å². The summed E-state index contributed by atoms with van der Waals surface area (Å²) in [6.45, 7) is 1.75. The number of hydrogen-bond acceptors (Lipinski definition) is 2. The third-order valence-corrected chi connectivity index (χ3v) is 4.49. The Labute approximate surface area is 154 Å². The Kier molecular flexibility index (Phi) is 5.14. The molecule has 1 aliphatic heterocycles. The summed E-state index contributed by atoms with van der Waals surface area (Å²) in [6.07, 6.45) is 3.31. The van der Waals surface area contributed by atoms with Crippen LogP contribution in [0.2, 0.25) is 0 Å². The van der Waals surface area contributed by atoms with Crippen molar-refractivity contribution in [1.82, 2.24) is 10.6 Å². The van der Waals surface area contributed by atoms with Crippen LogP contribution in [0.1, 0.15) is 24.1 Å². The van der Waals surface area contributed by atoms with Crippen LogP contribution in [-0.4, -0.2) is 11.8 Å². The van der Waals surface area contributed by atoms with Gasteiger partial charge in [-0.3, -0.25) is 4.79 Å². The fourth-order valence-electron chi connectivity index (χ4n) is 2.75. The van der Waals surface area contributed by atoms with Crippen molar-refractivity contribution in [3.05, 3.63) is 87.5 Å². The summed E-state index contributed by atoms with van der Waals surface area (Å²) in [5, 5.41) is 5.52. The Hall–Kier alpha value is -2.66. The molecule has 1 heterocycles. The van der Waals surface area contributed by atoms with Gasteiger partial charge in [-0.25, -0.2) is 4.79 Å². The number of halogens is 1. The summed E-state index contributed by atoms with van der Waals surface area (Å²) in [6, 6.07) is 16.4. The summed E-state index contributed by atoms with van der Waals surface area (Å²) in [5.41, 5.74) is 2.91. The van der Waals surface area contributed by atoms with E-state index in [9.17, 15) is 9.59 Å². The molecule has 0 saturated heterocycles. The lowest BCUT2D eigenvalue weighted by Crippen LogP contribution is -2.44. The highest BCUT2D eigenvalue weighted by Gasteiger charge is 2.29. The first kappa shape index (κ1) is 17.2. The van der Waals surface area contributed by atoms with Gasteiger partial charge >= 0.3 is 6.03 Å². The Morgan fingerprint density at radius 3 is 2.44 bits per heavy atom. The van der Waals surface area contributed by atoms with Crippen LogP contribution in [0.15, 0.2) is 76.4 Å². The van der Waals surface area contributed by atoms with E-state index in [0.29, 0.717) is 11.3 Å². The highest BCUT2D eigenvalue weighted by molar-refractivity contribution is 9.10. The Morgan fingerprint density at radius 2 is 1.76 bits per heavy atom. The zero-order valence-electron chi connectivity index (χ0n) is 13.6. The summed E-state index contributed by atoms with van der Waals surface area (Å²) in [5.74, 6) is -0.137. The van der Waals surface area contributed by atoms with Crippen molar-refractivity contribution in [2.45, 2.75) is 13.0 Å². The Balaban J connectivity index is 1.91. The van der Waals surface area contributed by atoms with Crippen LogP contribution in [0, 0.1) is 0 Å². The van der Waals surface area contributed by atoms with Gasteiger partial charge in [-0.05, 0) is 36.3 Å². The molecular formula is C20H17BrN2O2. The monoisotopic (exact) mass is 396 g/mol. The predicted octanol–water partition coefficient (Wildman–Crippen LogP) is 4.36. The summed E-state index contributed by atoms with van der Waals surface area (Å²) in [4.78, 5) is 24.6. The van der Waals surface area contributed by atoms with E-state index in [0.717, 1.165) is 15.6 Å². The second kappa shape index (κ2) is 7.49. The van der Waals surface area contributed by atoms with Crippen molar-refractivity contribution in [1.29, 1.82) is 0 Å². The van der Waals surface area contributed by atoms with Crippen LogP contribution in [-0.2, 0) is 4.79 Å². The maximum Gasteiger partial charge on any atom is 0.319 e. The van der Waals surface area contributed by atoms with Gasteiger partial charge in [-0.1, -0.05) is 64.5 Å². The molecule has 2 aromatic rings. The number of hydrogen-bond donors (Lipinski definition) is 2. The van der Waals surface area contributed by atoms with E-state index in [2.05, 4.69) is 26.6 Å². The van der Waals surface area contributed by atoms with Gasteiger partial charge in [0.05, 0.1) is 6.04 Å². The molecule has 2 N–H and O–H groups in total. The first-order valence-electron chi connectivity index (χ1n) is 7.86. The quantitative estimate of drug-likeness (QED) is 0.754. The van der Waals surface area contributed by atoms with Gasteiger partial charge in [0.1, 0.15) is 0 Å². The number of benzene rings is 2. The fraction of sp³-hybridized carbons (Fsp3) is 0.100. The maximum atomic E-state index is 12.8. The van der Waals surface area contributed by atoms with Crippen LogP contribution in [0.5, 0.6) is 0 Å². The normalized spacial score (nSPS) is 17.4. The molecule has 5 heteroatoms. The largest absolute Gasteiger partial charge is 0.327 e. The standard InChI is InChI=1S/C20H17BrN2O2/c1-13-18(17(24)12-9-14-7-10-16(21)11-8-14)19(23-20(25)22-13)15-5-3-2-4-6-15/h2-12,19H,1H3,(H2,22,23,25)/b12-9+. The summed E-state index contributed by atoms with van der Waals surface area (Å²) >= 11 is 3.39. The van der Waals surface area contributed by atoms with Gasteiger partial charge in [0.25, 0.3) is 0 Å². The minimum atomic E-state index is -0.461. The molecule has 25 heavy (non-hydrogen) atoms. The van der Waals surface area contributed by atoms with E-state index in [1.807, 2.05) is 54.6 Å². The molecule has 2 amide bonds. The lowest BCUT2D eigenvalue weighted by atomic mass is 9.92. The number of amides is 2. The van der Waals surface area contributed by atoms with Crippen molar-refractivity contribution < 1.29 is 9.59 Å². The van der Waals surface area contributed by atoms with Crippen molar-refractivity contribution in [2.24, 2.45) is 0 Å². The van der Waals surface area contributed by atoms with Crippen molar-refractivity contribution >= 4 is 33.8 Å². The molecule has 0 bridgehead atoms. The lowest BCUT2D eigenvalue weighted by Gasteiger charge is -2.28. The molecule has 0 radical (unpaired) electrons. The maximum absolute atomic E-state index is 12.8. The number of allylic oxidation sites excluding steroid dienone is 2. The first-order chi connectivity index (χ1) is 12.0. The third kappa shape index (κ3) is 4.06. The highest BCUT2D eigenvalue weighted by atomic mass is 79.9. The Bertz CT molecular complexity index is 855. The number of carbonyl (C=O) groups excluding carboxylic acids is 2. The van der Waals surface area contributed by atoms with Crippen LogP contribution in [0.3, 0.4) is 0 Å². The molecule has 0 saturated carbocycles. The van der Waals surface area contributed by atoms with Crippen molar-refractivity contribution in [3.8, 4) is 0 Å². The van der Waals surface area contributed by atoms with Crippen molar-refractivity contribution in [2.75, 3.05) is 0 Å². The van der Waals surface area contributed by atoms with Gasteiger partial charge < -0.3 is 10.6 Å². The SMILES string of the molecule is CC1=C(C(=O)/C=C/c2ccc(Br)cc2)C(c2ccccc2)NC(=O)N1.